The quantitative estimate of drug-likeness (QED) is 0.290. The molecular weight excluding hydrogens is 467 g/mol. The molecule has 0 aliphatic carbocycles. The maximum atomic E-state index is 5.55. The third-order valence-electron chi connectivity index (χ3n) is 5.49. The van der Waals surface area contributed by atoms with Crippen LogP contribution in [0.25, 0.3) is 0 Å². The van der Waals surface area contributed by atoms with Crippen molar-refractivity contribution >= 4 is 29.9 Å². The largest absolute Gasteiger partial charge is 0.379 e. The van der Waals surface area contributed by atoms with Gasteiger partial charge in [-0.3, -0.25) is 14.6 Å². The summed E-state index contributed by atoms with van der Waals surface area (Å²) in [5.41, 5.74) is 0. The topological polar surface area (TPSA) is 66.7 Å². The van der Waals surface area contributed by atoms with Crippen LogP contribution in [0, 0.1) is 11.8 Å². The summed E-state index contributed by atoms with van der Waals surface area (Å²) in [5, 5.41) is 11.3. The summed E-state index contributed by atoms with van der Waals surface area (Å²) < 4.78 is 7.52. The zero-order chi connectivity index (χ0) is 19.5. The molecule has 8 heteroatoms. The van der Waals surface area contributed by atoms with E-state index in [-0.39, 0.29) is 24.0 Å². The number of nitrogens with one attached hydrogen (secondary N) is 2. The molecule has 0 bridgehead atoms. The van der Waals surface area contributed by atoms with E-state index in [4.69, 9.17) is 4.74 Å². The zero-order valence-electron chi connectivity index (χ0n) is 17.9. The lowest BCUT2D eigenvalue weighted by Crippen LogP contribution is -2.53. The van der Waals surface area contributed by atoms with Gasteiger partial charge in [0.1, 0.15) is 0 Å². The Balaban J connectivity index is 0.00000392. The van der Waals surface area contributed by atoms with Gasteiger partial charge in [0, 0.05) is 58.2 Å². The molecule has 0 radical (unpaired) electrons. The van der Waals surface area contributed by atoms with Crippen molar-refractivity contribution in [2.45, 2.75) is 46.2 Å². The molecule has 2 rings (SSSR count). The van der Waals surface area contributed by atoms with Crippen molar-refractivity contribution in [3.8, 4) is 0 Å². The lowest BCUT2D eigenvalue weighted by molar-refractivity contribution is 0.00272. The highest BCUT2D eigenvalue weighted by Crippen LogP contribution is 2.19. The molecule has 0 aromatic carbocycles. The smallest absolute Gasteiger partial charge is 0.191 e. The van der Waals surface area contributed by atoms with Crippen LogP contribution in [0.3, 0.4) is 0 Å². The first kappa shape index (κ1) is 25.2. The summed E-state index contributed by atoms with van der Waals surface area (Å²) in [7, 11) is 1.84. The van der Waals surface area contributed by atoms with Gasteiger partial charge >= 0.3 is 0 Å². The van der Waals surface area contributed by atoms with Crippen LogP contribution in [0.2, 0.25) is 0 Å². The van der Waals surface area contributed by atoms with Crippen LogP contribution < -0.4 is 10.6 Å². The van der Waals surface area contributed by atoms with Crippen LogP contribution in [-0.4, -0.2) is 73.1 Å². The Hall–Kier alpha value is -0.870. The molecule has 7 nitrogen and oxygen atoms in total. The number of nitrogens with zero attached hydrogens (tertiary/aromatic N) is 4. The molecule has 2 N–H and O–H groups in total. The molecule has 0 spiro atoms. The number of ether oxygens (including phenoxy) is 1. The second-order valence-electron chi connectivity index (χ2n) is 7.46. The number of hydrogen-bond donors (Lipinski definition) is 2. The Morgan fingerprint density at radius 1 is 1.18 bits per heavy atom. The van der Waals surface area contributed by atoms with E-state index in [1.165, 1.54) is 12.8 Å². The first-order valence-corrected chi connectivity index (χ1v) is 10.4. The summed E-state index contributed by atoms with van der Waals surface area (Å²) in [6.45, 7) is 13.2. The molecular formula is C20H39IN6O. The van der Waals surface area contributed by atoms with Gasteiger partial charge in [-0.05, 0) is 17.9 Å². The van der Waals surface area contributed by atoms with Crippen molar-refractivity contribution in [3.63, 3.8) is 0 Å². The van der Waals surface area contributed by atoms with E-state index in [0.29, 0.717) is 17.9 Å². The van der Waals surface area contributed by atoms with Gasteiger partial charge in [0.25, 0.3) is 0 Å². The number of guanidine groups is 1. The lowest BCUT2D eigenvalue weighted by atomic mass is 9.92. The van der Waals surface area contributed by atoms with Gasteiger partial charge in [-0.2, -0.15) is 5.10 Å². The Morgan fingerprint density at radius 3 is 2.43 bits per heavy atom. The van der Waals surface area contributed by atoms with Gasteiger partial charge in [-0.15, -0.1) is 24.0 Å². The molecule has 1 saturated heterocycles. The average molecular weight is 506 g/mol. The molecule has 0 amide bonds. The van der Waals surface area contributed by atoms with Crippen molar-refractivity contribution < 1.29 is 4.74 Å². The molecule has 162 valence electrons. The molecule has 1 aromatic heterocycles. The maximum Gasteiger partial charge on any atom is 0.191 e. The number of halogens is 1. The van der Waals surface area contributed by atoms with Crippen molar-refractivity contribution in [1.29, 1.82) is 0 Å². The van der Waals surface area contributed by atoms with Crippen LogP contribution in [-0.2, 0) is 11.3 Å². The summed E-state index contributed by atoms with van der Waals surface area (Å²) in [6.07, 6.45) is 6.23. The molecule has 1 aliphatic rings. The SMILES string of the molecule is CCC(CC)C(CNC(=NC)NCC(C)Cn1cccn1)N1CCOCC1.I. The van der Waals surface area contributed by atoms with E-state index in [1.54, 1.807) is 0 Å². The number of morpholine rings is 1. The summed E-state index contributed by atoms with van der Waals surface area (Å²) >= 11 is 0. The van der Waals surface area contributed by atoms with Crippen molar-refractivity contribution in [3.05, 3.63) is 18.5 Å². The van der Waals surface area contributed by atoms with Gasteiger partial charge in [-0.1, -0.05) is 33.6 Å². The minimum absolute atomic E-state index is 0. The summed E-state index contributed by atoms with van der Waals surface area (Å²) in [6, 6.07) is 2.48. The van der Waals surface area contributed by atoms with E-state index < -0.39 is 0 Å². The normalized spacial score (nSPS) is 17.8. The first-order chi connectivity index (χ1) is 13.2. The standard InChI is InChI=1S/C20H38N6O.HI/c1-5-18(6-2)19(25-10-12-27-13-11-25)15-23-20(21-4)22-14-17(3)16-26-9-7-8-24-26;/h7-9,17-19H,5-6,10-16H2,1-4H3,(H2,21,22,23);1H. The van der Waals surface area contributed by atoms with E-state index in [2.05, 4.69) is 46.4 Å². The average Bonchev–Trinajstić information content (AvgIpc) is 3.21. The minimum atomic E-state index is 0. The molecule has 28 heavy (non-hydrogen) atoms. The molecule has 2 atom stereocenters. The minimum Gasteiger partial charge on any atom is -0.379 e. The third-order valence-corrected chi connectivity index (χ3v) is 5.49. The molecule has 0 saturated carbocycles. The predicted octanol–water partition coefficient (Wildman–Crippen LogP) is 2.44. The van der Waals surface area contributed by atoms with Crippen LogP contribution in [0.4, 0.5) is 0 Å². The Morgan fingerprint density at radius 2 is 1.86 bits per heavy atom. The van der Waals surface area contributed by atoms with E-state index >= 15 is 0 Å². The first-order valence-electron chi connectivity index (χ1n) is 10.4. The van der Waals surface area contributed by atoms with E-state index in [0.717, 1.165) is 51.9 Å². The number of aliphatic imine (C=N–C) groups is 1. The highest BCUT2D eigenvalue weighted by molar-refractivity contribution is 14.0. The number of rotatable bonds is 10. The molecule has 1 aliphatic heterocycles. The fourth-order valence-electron chi connectivity index (χ4n) is 3.82. The molecule has 1 aromatic rings. The van der Waals surface area contributed by atoms with Gasteiger partial charge < -0.3 is 15.4 Å². The van der Waals surface area contributed by atoms with Gasteiger partial charge in [0.2, 0.25) is 0 Å². The highest BCUT2D eigenvalue weighted by Gasteiger charge is 2.27. The van der Waals surface area contributed by atoms with E-state index in [9.17, 15) is 0 Å². The summed E-state index contributed by atoms with van der Waals surface area (Å²) in [5.74, 6) is 2.04. The molecule has 2 unspecified atom stereocenters. The fourth-order valence-corrected chi connectivity index (χ4v) is 3.82. The maximum absolute atomic E-state index is 5.55. The highest BCUT2D eigenvalue weighted by atomic mass is 127. The Labute approximate surface area is 187 Å². The van der Waals surface area contributed by atoms with Crippen molar-refractivity contribution in [2.75, 3.05) is 46.4 Å². The molecule has 1 fully saturated rings. The van der Waals surface area contributed by atoms with Gasteiger partial charge in [0.15, 0.2) is 5.96 Å². The Bertz CT molecular complexity index is 529. The fraction of sp³-hybridized carbons (Fsp3) is 0.800. The monoisotopic (exact) mass is 506 g/mol. The summed E-state index contributed by atoms with van der Waals surface area (Å²) in [4.78, 5) is 7.00. The van der Waals surface area contributed by atoms with Gasteiger partial charge in [0.05, 0.1) is 13.2 Å². The van der Waals surface area contributed by atoms with Crippen molar-refractivity contribution in [1.82, 2.24) is 25.3 Å². The lowest BCUT2D eigenvalue weighted by Gasteiger charge is -2.39. The molecule has 2 heterocycles. The third kappa shape index (κ3) is 8.24. The number of aromatic nitrogens is 2. The van der Waals surface area contributed by atoms with Gasteiger partial charge in [-0.25, -0.2) is 0 Å². The number of hydrogen-bond acceptors (Lipinski definition) is 4. The van der Waals surface area contributed by atoms with E-state index in [1.807, 2.05) is 30.2 Å². The second-order valence-corrected chi connectivity index (χ2v) is 7.46. The predicted molar refractivity (Wildman–Crippen MR) is 126 cm³/mol. The Kier molecular flexibility index (Phi) is 12.7. The van der Waals surface area contributed by atoms with Crippen LogP contribution in [0.1, 0.15) is 33.6 Å². The van der Waals surface area contributed by atoms with Crippen LogP contribution in [0.15, 0.2) is 23.5 Å². The van der Waals surface area contributed by atoms with Crippen LogP contribution >= 0.6 is 24.0 Å². The van der Waals surface area contributed by atoms with Crippen molar-refractivity contribution in [2.24, 2.45) is 16.8 Å². The zero-order valence-corrected chi connectivity index (χ0v) is 20.3. The van der Waals surface area contributed by atoms with Crippen LogP contribution in [0.5, 0.6) is 0 Å². The second kappa shape index (κ2) is 14.2.